The summed E-state index contributed by atoms with van der Waals surface area (Å²) in [5, 5.41) is 0. The molecule has 1 saturated carbocycles. The van der Waals surface area contributed by atoms with Gasteiger partial charge in [-0.15, -0.1) is 0 Å². The van der Waals surface area contributed by atoms with Gasteiger partial charge in [0.05, 0.1) is 18.7 Å². The summed E-state index contributed by atoms with van der Waals surface area (Å²) in [5.74, 6) is 1.00. The Morgan fingerprint density at radius 1 is 1.35 bits per heavy atom. The number of hydrogen-bond acceptors (Lipinski definition) is 4. The number of aryl methyl sites for hydroxylation is 1. The van der Waals surface area contributed by atoms with Crippen LogP contribution < -0.4 is 0 Å². The van der Waals surface area contributed by atoms with Crippen molar-refractivity contribution in [1.29, 1.82) is 0 Å². The van der Waals surface area contributed by atoms with Crippen LogP contribution in [0.3, 0.4) is 0 Å². The molecular formula is C14H17N5O. The minimum absolute atomic E-state index is 0.0935. The van der Waals surface area contributed by atoms with Gasteiger partial charge in [-0.2, -0.15) is 0 Å². The van der Waals surface area contributed by atoms with Gasteiger partial charge in [0.15, 0.2) is 0 Å². The molecular weight excluding hydrogens is 254 g/mol. The lowest BCUT2D eigenvalue weighted by molar-refractivity contribution is -0.131. The van der Waals surface area contributed by atoms with Crippen molar-refractivity contribution < 1.29 is 4.79 Å². The Labute approximate surface area is 117 Å². The zero-order valence-corrected chi connectivity index (χ0v) is 11.4. The third-order valence-electron chi connectivity index (χ3n) is 3.49. The second kappa shape index (κ2) is 5.40. The average Bonchev–Trinajstić information content (AvgIpc) is 3.21. The topological polar surface area (TPSA) is 63.9 Å². The normalized spacial score (nSPS) is 14.2. The minimum atomic E-state index is 0.0935. The molecule has 6 nitrogen and oxygen atoms in total. The summed E-state index contributed by atoms with van der Waals surface area (Å²) >= 11 is 0. The van der Waals surface area contributed by atoms with Gasteiger partial charge in [0.2, 0.25) is 5.91 Å². The lowest BCUT2D eigenvalue weighted by Crippen LogP contribution is -2.34. The van der Waals surface area contributed by atoms with Crippen LogP contribution in [0.1, 0.15) is 24.4 Å². The number of carbonyl (C=O) groups is 1. The van der Waals surface area contributed by atoms with E-state index in [-0.39, 0.29) is 5.91 Å². The van der Waals surface area contributed by atoms with Crippen LogP contribution in [-0.4, -0.2) is 36.4 Å². The van der Waals surface area contributed by atoms with E-state index in [4.69, 9.17) is 0 Å². The molecule has 0 saturated heterocycles. The molecule has 104 valence electrons. The fraction of sp³-hybridized carbons (Fsp3) is 0.429. The molecule has 2 aromatic rings. The first-order valence-electron chi connectivity index (χ1n) is 6.74. The highest BCUT2D eigenvalue weighted by atomic mass is 16.2. The summed E-state index contributed by atoms with van der Waals surface area (Å²) in [5.41, 5.74) is 0.711. The van der Waals surface area contributed by atoms with Crippen molar-refractivity contribution in [1.82, 2.24) is 24.4 Å². The summed E-state index contributed by atoms with van der Waals surface area (Å²) in [6, 6.07) is 0.357. The van der Waals surface area contributed by atoms with E-state index in [2.05, 4.69) is 15.0 Å². The maximum Gasteiger partial charge on any atom is 0.229 e. The molecule has 2 aromatic heterocycles. The zero-order chi connectivity index (χ0) is 13.9. The molecule has 3 rings (SSSR count). The summed E-state index contributed by atoms with van der Waals surface area (Å²) in [6.07, 6.45) is 11.0. The van der Waals surface area contributed by atoms with Crippen LogP contribution in [0.15, 0.2) is 31.0 Å². The Kier molecular flexibility index (Phi) is 3.45. The summed E-state index contributed by atoms with van der Waals surface area (Å²) in [4.78, 5) is 26.8. The minimum Gasteiger partial charge on any atom is -0.337 e. The molecule has 6 heteroatoms. The van der Waals surface area contributed by atoms with E-state index in [0.717, 1.165) is 18.7 Å². The largest absolute Gasteiger partial charge is 0.337 e. The van der Waals surface area contributed by atoms with Gasteiger partial charge >= 0.3 is 0 Å². The summed E-state index contributed by atoms with van der Waals surface area (Å²) in [7, 11) is 1.94. The molecule has 2 heterocycles. The van der Waals surface area contributed by atoms with Crippen LogP contribution in [0, 0.1) is 0 Å². The molecule has 1 fully saturated rings. The van der Waals surface area contributed by atoms with Crippen LogP contribution >= 0.6 is 0 Å². The van der Waals surface area contributed by atoms with Crippen molar-refractivity contribution in [3.8, 4) is 0 Å². The van der Waals surface area contributed by atoms with Crippen LogP contribution in [0.4, 0.5) is 0 Å². The van der Waals surface area contributed by atoms with Gasteiger partial charge in [-0.05, 0) is 12.8 Å². The molecule has 1 aliphatic rings. The first-order valence-corrected chi connectivity index (χ1v) is 6.74. The zero-order valence-electron chi connectivity index (χ0n) is 11.4. The van der Waals surface area contributed by atoms with E-state index in [1.807, 2.05) is 22.7 Å². The van der Waals surface area contributed by atoms with Crippen LogP contribution in [0.5, 0.6) is 0 Å². The number of hydrogen-bond donors (Lipinski definition) is 0. The summed E-state index contributed by atoms with van der Waals surface area (Å²) < 4.78 is 1.95. The molecule has 20 heavy (non-hydrogen) atoms. The fourth-order valence-electron chi connectivity index (χ4n) is 2.19. The van der Waals surface area contributed by atoms with Gasteiger partial charge in [0, 0.05) is 44.1 Å². The van der Waals surface area contributed by atoms with Crippen molar-refractivity contribution >= 4 is 5.91 Å². The maximum absolute atomic E-state index is 12.5. The summed E-state index contributed by atoms with van der Waals surface area (Å²) in [6.45, 7) is 0.563. The van der Waals surface area contributed by atoms with E-state index < -0.39 is 0 Å². The van der Waals surface area contributed by atoms with E-state index in [0.29, 0.717) is 24.7 Å². The quantitative estimate of drug-likeness (QED) is 0.812. The second-order valence-electron chi connectivity index (χ2n) is 5.08. The first kappa shape index (κ1) is 12.8. The number of aromatic nitrogens is 4. The highest BCUT2D eigenvalue weighted by Gasteiger charge is 2.33. The lowest BCUT2D eigenvalue weighted by Gasteiger charge is -2.22. The highest BCUT2D eigenvalue weighted by molar-refractivity contribution is 5.78. The van der Waals surface area contributed by atoms with Crippen LogP contribution in [-0.2, 0) is 24.8 Å². The predicted molar refractivity (Wildman–Crippen MR) is 72.5 cm³/mol. The Morgan fingerprint density at radius 2 is 2.20 bits per heavy atom. The average molecular weight is 271 g/mol. The number of imidazole rings is 1. The van der Waals surface area contributed by atoms with Gasteiger partial charge in [0.1, 0.15) is 5.82 Å². The van der Waals surface area contributed by atoms with Gasteiger partial charge in [-0.1, -0.05) is 0 Å². The monoisotopic (exact) mass is 271 g/mol. The third-order valence-corrected chi connectivity index (χ3v) is 3.49. The third kappa shape index (κ3) is 2.84. The SMILES string of the molecule is Cn1ccnc1CN(C(=O)Cc1cnccn1)C1CC1. The van der Waals surface area contributed by atoms with Crippen molar-refractivity contribution in [2.75, 3.05) is 0 Å². The van der Waals surface area contributed by atoms with E-state index in [9.17, 15) is 4.79 Å². The van der Waals surface area contributed by atoms with Gasteiger partial charge < -0.3 is 9.47 Å². The van der Waals surface area contributed by atoms with Crippen LogP contribution in [0.25, 0.3) is 0 Å². The molecule has 1 aliphatic carbocycles. The van der Waals surface area contributed by atoms with Crippen LogP contribution in [0.2, 0.25) is 0 Å². The lowest BCUT2D eigenvalue weighted by atomic mass is 10.2. The molecule has 0 N–H and O–H groups in total. The molecule has 0 unspecified atom stereocenters. The molecule has 0 atom stereocenters. The highest BCUT2D eigenvalue weighted by Crippen LogP contribution is 2.28. The van der Waals surface area contributed by atoms with Crippen molar-refractivity contribution in [2.24, 2.45) is 7.05 Å². The van der Waals surface area contributed by atoms with Crippen molar-refractivity contribution in [3.63, 3.8) is 0 Å². The Bertz CT molecular complexity index is 591. The number of rotatable bonds is 5. The second-order valence-corrected chi connectivity index (χ2v) is 5.08. The standard InChI is InChI=1S/C14H17N5O/c1-18-7-6-17-13(18)10-19(12-2-3-12)14(20)8-11-9-15-4-5-16-11/h4-7,9,12H,2-3,8,10H2,1H3. The molecule has 1 amide bonds. The van der Waals surface area contributed by atoms with Gasteiger partial charge in [0.25, 0.3) is 0 Å². The molecule has 0 aliphatic heterocycles. The predicted octanol–water partition coefficient (Wildman–Crippen LogP) is 0.944. The first-order chi connectivity index (χ1) is 9.74. The Morgan fingerprint density at radius 3 is 2.80 bits per heavy atom. The van der Waals surface area contributed by atoms with E-state index in [1.54, 1.807) is 24.8 Å². The molecule has 0 radical (unpaired) electrons. The van der Waals surface area contributed by atoms with Gasteiger partial charge in [-0.3, -0.25) is 14.8 Å². The Hall–Kier alpha value is -2.24. The molecule has 0 bridgehead atoms. The number of nitrogens with zero attached hydrogens (tertiary/aromatic N) is 5. The van der Waals surface area contributed by atoms with E-state index >= 15 is 0 Å². The van der Waals surface area contributed by atoms with Gasteiger partial charge in [-0.25, -0.2) is 4.98 Å². The van der Waals surface area contributed by atoms with Crippen molar-refractivity contribution in [2.45, 2.75) is 31.8 Å². The molecule has 0 aromatic carbocycles. The Balaban J connectivity index is 1.71. The number of carbonyl (C=O) groups excluding carboxylic acids is 1. The van der Waals surface area contributed by atoms with Crippen molar-refractivity contribution in [3.05, 3.63) is 42.5 Å². The van der Waals surface area contributed by atoms with E-state index in [1.165, 1.54) is 0 Å². The maximum atomic E-state index is 12.5. The smallest absolute Gasteiger partial charge is 0.229 e. The fourth-order valence-corrected chi connectivity index (χ4v) is 2.19. The number of amides is 1. The molecule has 0 spiro atoms.